The smallest absolute Gasteiger partial charge is 0.338 e. The molecule has 25 heavy (non-hydrogen) atoms. The highest BCUT2D eigenvalue weighted by atomic mass is 19.1. The Morgan fingerprint density at radius 3 is 2.92 bits per heavy atom. The van der Waals surface area contributed by atoms with E-state index in [1.807, 2.05) is 6.08 Å². The molecule has 2 N–H and O–H groups in total. The molecule has 2 fully saturated rings. The fourth-order valence-electron chi connectivity index (χ4n) is 3.73. The summed E-state index contributed by atoms with van der Waals surface area (Å²) >= 11 is 0. The SMILES string of the molecule is O=C(O)c1ccncc1N=C1NN(C2CCCC2)C2C=CC(F)C=C12. The van der Waals surface area contributed by atoms with Crippen molar-refractivity contribution in [1.29, 1.82) is 0 Å². The number of nitrogens with zero attached hydrogens (tertiary/aromatic N) is 3. The summed E-state index contributed by atoms with van der Waals surface area (Å²) in [4.78, 5) is 19.8. The first-order valence-electron chi connectivity index (χ1n) is 8.49. The number of allylic oxidation sites excluding steroid dienone is 2. The van der Waals surface area contributed by atoms with Gasteiger partial charge in [-0.1, -0.05) is 18.9 Å². The minimum absolute atomic E-state index is 0.0706. The van der Waals surface area contributed by atoms with E-state index in [1.54, 1.807) is 12.2 Å². The number of carboxylic acids is 1. The third-order valence-electron chi connectivity index (χ3n) is 4.92. The summed E-state index contributed by atoms with van der Waals surface area (Å²) in [6.45, 7) is 0. The van der Waals surface area contributed by atoms with Gasteiger partial charge < -0.3 is 10.5 Å². The van der Waals surface area contributed by atoms with Crippen LogP contribution in [0.3, 0.4) is 0 Å². The van der Waals surface area contributed by atoms with Crippen LogP contribution in [0.4, 0.5) is 10.1 Å². The van der Waals surface area contributed by atoms with Crippen LogP contribution < -0.4 is 5.43 Å². The monoisotopic (exact) mass is 342 g/mol. The zero-order valence-electron chi connectivity index (χ0n) is 13.6. The van der Waals surface area contributed by atoms with E-state index in [0.29, 0.717) is 11.9 Å². The van der Waals surface area contributed by atoms with Gasteiger partial charge in [0.25, 0.3) is 0 Å². The Labute approximate surface area is 144 Å². The van der Waals surface area contributed by atoms with Gasteiger partial charge in [0.05, 0.1) is 23.5 Å². The topological polar surface area (TPSA) is 77.8 Å². The Morgan fingerprint density at radius 2 is 2.16 bits per heavy atom. The van der Waals surface area contributed by atoms with Crippen molar-refractivity contribution in [2.24, 2.45) is 4.99 Å². The van der Waals surface area contributed by atoms with Gasteiger partial charge in [-0.05, 0) is 31.1 Å². The number of nitrogens with one attached hydrogen (secondary N) is 1. The highest BCUT2D eigenvalue weighted by Crippen LogP contribution is 2.33. The maximum absolute atomic E-state index is 13.9. The Kier molecular flexibility index (Phi) is 4.09. The Morgan fingerprint density at radius 1 is 1.36 bits per heavy atom. The van der Waals surface area contributed by atoms with Gasteiger partial charge in [-0.2, -0.15) is 0 Å². The number of aliphatic imine (C=N–C) groups is 1. The number of hydrogen-bond donors (Lipinski definition) is 2. The zero-order chi connectivity index (χ0) is 17.4. The van der Waals surface area contributed by atoms with E-state index >= 15 is 0 Å². The number of fused-ring (bicyclic) bond motifs is 1. The molecule has 2 heterocycles. The molecule has 1 aliphatic heterocycles. The van der Waals surface area contributed by atoms with E-state index in [-0.39, 0.29) is 17.3 Å². The highest BCUT2D eigenvalue weighted by Gasteiger charge is 2.39. The van der Waals surface area contributed by atoms with Gasteiger partial charge in [-0.25, -0.2) is 19.2 Å². The average Bonchev–Trinajstić information content (AvgIpc) is 3.23. The molecule has 1 aromatic rings. The van der Waals surface area contributed by atoms with Crippen molar-refractivity contribution in [3.8, 4) is 0 Å². The minimum Gasteiger partial charge on any atom is -0.478 e. The van der Waals surface area contributed by atoms with Gasteiger partial charge in [-0.15, -0.1) is 0 Å². The number of aromatic carboxylic acids is 1. The number of halogens is 1. The molecule has 0 spiro atoms. The molecule has 3 aliphatic rings. The van der Waals surface area contributed by atoms with Crippen LogP contribution in [0.1, 0.15) is 36.0 Å². The second-order valence-corrected chi connectivity index (χ2v) is 6.51. The maximum atomic E-state index is 13.9. The molecule has 1 saturated heterocycles. The Balaban J connectivity index is 1.73. The van der Waals surface area contributed by atoms with Crippen molar-refractivity contribution < 1.29 is 14.3 Å². The van der Waals surface area contributed by atoms with Gasteiger partial charge in [-0.3, -0.25) is 4.98 Å². The van der Waals surface area contributed by atoms with E-state index in [0.717, 1.165) is 18.4 Å². The second kappa shape index (κ2) is 6.40. The van der Waals surface area contributed by atoms with Gasteiger partial charge in [0, 0.05) is 17.8 Å². The lowest BCUT2D eigenvalue weighted by molar-refractivity contribution is 0.0697. The second-order valence-electron chi connectivity index (χ2n) is 6.51. The minimum atomic E-state index is -1.16. The molecule has 2 aliphatic carbocycles. The van der Waals surface area contributed by atoms with Crippen molar-refractivity contribution in [1.82, 2.24) is 15.4 Å². The normalized spacial score (nSPS) is 28.0. The molecular weight excluding hydrogens is 323 g/mol. The number of hydrazine groups is 1. The number of aromatic nitrogens is 1. The average molecular weight is 342 g/mol. The molecule has 130 valence electrons. The number of carboxylic acid groups (broad SMARTS) is 1. The van der Waals surface area contributed by atoms with E-state index in [4.69, 9.17) is 0 Å². The summed E-state index contributed by atoms with van der Waals surface area (Å²) in [6, 6.07) is 1.71. The molecule has 0 aromatic carbocycles. The van der Waals surface area contributed by atoms with E-state index in [1.165, 1.54) is 31.3 Å². The van der Waals surface area contributed by atoms with Crippen LogP contribution in [0, 0.1) is 0 Å². The van der Waals surface area contributed by atoms with Crippen LogP contribution >= 0.6 is 0 Å². The standard InChI is InChI=1S/C18H19FN4O2/c19-11-5-6-16-14(9-11)17(22-23(16)12-3-1-2-4-12)21-15-10-20-8-7-13(15)18(24)25/h5-12,16H,1-4H2,(H,21,22)(H,24,25). The Hall–Kier alpha value is -2.54. The van der Waals surface area contributed by atoms with Gasteiger partial charge in [0.2, 0.25) is 0 Å². The highest BCUT2D eigenvalue weighted by molar-refractivity contribution is 6.05. The van der Waals surface area contributed by atoms with Crippen LogP contribution in [0.5, 0.6) is 0 Å². The van der Waals surface area contributed by atoms with Gasteiger partial charge >= 0.3 is 5.97 Å². The molecule has 1 saturated carbocycles. The predicted octanol–water partition coefficient (Wildman–Crippen LogP) is 2.78. The van der Waals surface area contributed by atoms with Crippen molar-refractivity contribution in [2.75, 3.05) is 0 Å². The first-order chi connectivity index (χ1) is 12.1. The Bertz CT molecular complexity index is 783. The molecule has 7 heteroatoms. The van der Waals surface area contributed by atoms with Crippen LogP contribution in [0.15, 0.2) is 47.3 Å². The third-order valence-corrected chi connectivity index (χ3v) is 4.92. The largest absolute Gasteiger partial charge is 0.478 e. The fraction of sp³-hybridized carbons (Fsp3) is 0.389. The number of rotatable bonds is 3. The molecule has 0 bridgehead atoms. The molecule has 0 amide bonds. The zero-order valence-corrected chi connectivity index (χ0v) is 13.6. The number of hydrogen-bond acceptors (Lipinski definition) is 4. The predicted molar refractivity (Wildman–Crippen MR) is 91.4 cm³/mol. The molecule has 2 unspecified atom stereocenters. The van der Waals surface area contributed by atoms with Crippen molar-refractivity contribution >= 4 is 17.5 Å². The molecule has 2 atom stereocenters. The van der Waals surface area contributed by atoms with Gasteiger partial charge in [0.1, 0.15) is 12.0 Å². The number of pyridine rings is 1. The lowest BCUT2D eigenvalue weighted by Gasteiger charge is -2.28. The van der Waals surface area contributed by atoms with Crippen LogP contribution in [0.2, 0.25) is 0 Å². The summed E-state index contributed by atoms with van der Waals surface area (Å²) in [5, 5.41) is 11.4. The summed E-state index contributed by atoms with van der Waals surface area (Å²) in [5.41, 5.74) is 4.37. The summed E-state index contributed by atoms with van der Waals surface area (Å²) in [6.07, 6.45) is 11.2. The summed E-state index contributed by atoms with van der Waals surface area (Å²) in [7, 11) is 0. The summed E-state index contributed by atoms with van der Waals surface area (Å²) in [5.74, 6) is -0.566. The molecule has 6 nitrogen and oxygen atoms in total. The van der Waals surface area contributed by atoms with Crippen molar-refractivity contribution in [3.05, 3.63) is 47.8 Å². The maximum Gasteiger partial charge on any atom is 0.338 e. The fourth-order valence-corrected chi connectivity index (χ4v) is 3.73. The lowest BCUT2D eigenvalue weighted by atomic mass is 9.99. The van der Waals surface area contributed by atoms with Gasteiger partial charge in [0.15, 0.2) is 0 Å². The van der Waals surface area contributed by atoms with E-state index in [2.05, 4.69) is 20.4 Å². The number of amidine groups is 1. The number of alkyl halides is 1. The molecule has 4 rings (SSSR count). The van der Waals surface area contributed by atoms with E-state index in [9.17, 15) is 14.3 Å². The lowest BCUT2D eigenvalue weighted by Crippen LogP contribution is -2.44. The number of carbonyl (C=O) groups is 1. The molecule has 1 aromatic heterocycles. The van der Waals surface area contributed by atoms with Crippen LogP contribution in [0.25, 0.3) is 0 Å². The molecular formula is C18H19FN4O2. The van der Waals surface area contributed by atoms with Crippen LogP contribution in [-0.2, 0) is 0 Å². The van der Waals surface area contributed by atoms with Crippen LogP contribution in [-0.4, -0.2) is 45.2 Å². The quantitative estimate of drug-likeness (QED) is 0.826. The van der Waals surface area contributed by atoms with E-state index < -0.39 is 12.1 Å². The summed E-state index contributed by atoms with van der Waals surface area (Å²) < 4.78 is 13.9. The molecule has 0 radical (unpaired) electrons. The third kappa shape index (κ3) is 2.95. The first-order valence-corrected chi connectivity index (χ1v) is 8.49. The van der Waals surface area contributed by atoms with Crippen molar-refractivity contribution in [3.63, 3.8) is 0 Å². The first kappa shape index (κ1) is 16.0. The van der Waals surface area contributed by atoms with Crippen molar-refractivity contribution in [2.45, 2.75) is 43.9 Å².